The van der Waals surface area contributed by atoms with E-state index in [1.54, 1.807) is 6.33 Å². The topological polar surface area (TPSA) is 75.6 Å². The highest BCUT2D eigenvalue weighted by atomic mass is 16.1. The molecule has 130 valence electrons. The van der Waals surface area contributed by atoms with Gasteiger partial charge in [-0.25, -0.2) is 0 Å². The number of rotatable bonds is 5. The predicted octanol–water partition coefficient (Wildman–Crippen LogP) is 3.53. The van der Waals surface area contributed by atoms with Crippen molar-refractivity contribution in [3.63, 3.8) is 0 Å². The number of nitrogens with one attached hydrogen (secondary N) is 2. The van der Waals surface area contributed by atoms with Gasteiger partial charge in [-0.15, -0.1) is 10.2 Å². The second-order valence-electron chi connectivity index (χ2n) is 6.25. The fourth-order valence-electron chi connectivity index (χ4n) is 3.09. The number of hydrogen-bond donors (Lipinski definition) is 2. The molecule has 0 atom stereocenters. The van der Waals surface area contributed by atoms with Crippen LogP contribution < -0.4 is 5.32 Å². The molecule has 2 aromatic carbocycles. The first-order chi connectivity index (χ1) is 12.7. The van der Waals surface area contributed by atoms with Gasteiger partial charge in [0.15, 0.2) is 5.82 Å². The fraction of sp³-hybridized carbons (Fsp3) is 0.150. The van der Waals surface area contributed by atoms with Crippen LogP contribution in [0.1, 0.15) is 12.0 Å². The zero-order valence-electron chi connectivity index (χ0n) is 14.4. The monoisotopic (exact) mass is 345 g/mol. The van der Waals surface area contributed by atoms with Crippen LogP contribution in [0.3, 0.4) is 0 Å². The van der Waals surface area contributed by atoms with Gasteiger partial charge < -0.3 is 14.9 Å². The first kappa shape index (κ1) is 16.1. The largest absolute Gasteiger partial charge is 0.361 e. The molecule has 0 fully saturated rings. The van der Waals surface area contributed by atoms with Gasteiger partial charge in [0.25, 0.3) is 0 Å². The van der Waals surface area contributed by atoms with E-state index in [4.69, 9.17) is 0 Å². The van der Waals surface area contributed by atoms with E-state index in [9.17, 15) is 4.79 Å². The lowest BCUT2D eigenvalue weighted by atomic mass is 10.1. The number of aromatic nitrogens is 4. The number of benzene rings is 2. The fourth-order valence-corrected chi connectivity index (χ4v) is 3.09. The van der Waals surface area contributed by atoms with Crippen LogP contribution in [0.4, 0.5) is 5.69 Å². The second kappa shape index (κ2) is 6.84. The Kier molecular flexibility index (Phi) is 4.23. The SMILES string of the molecule is Cn1cnnc1-c1cccc(NC(=O)CCc2c[nH]c3ccccc23)c1. The highest BCUT2D eigenvalue weighted by Gasteiger charge is 2.09. The molecule has 4 aromatic rings. The zero-order chi connectivity index (χ0) is 17.9. The minimum absolute atomic E-state index is 0.00889. The summed E-state index contributed by atoms with van der Waals surface area (Å²) in [6, 6.07) is 15.8. The van der Waals surface area contributed by atoms with Crippen molar-refractivity contribution in [2.75, 3.05) is 5.32 Å². The van der Waals surface area contributed by atoms with E-state index in [2.05, 4.69) is 26.6 Å². The number of aromatic amines is 1. The van der Waals surface area contributed by atoms with Gasteiger partial charge in [-0.1, -0.05) is 30.3 Å². The molecule has 0 aliphatic heterocycles. The normalized spacial score (nSPS) is 11.0. The molecule has 1 amide bonds. The molecule has 2 N–H and O–H groups in total. The quantitative estimate of drug-likeness (QED) is 0.581. The van der Waals surface area contributed by atoms with Crippen molar-refractivity contribution in [2.45, 2.75) is 12.8 Å². The molecular weight excluding hydrogens is 326 g/mol. The van der Waals surface area contributed by atoms with Crippen molar-refractivity contribution < 1.29 is 4.79 Å². The average Bonchev–Trinajstić information content (AvgIpc) is 3.26. The summed E-state index contributed by atoms with van der Waals surface area (Å²) in [5, 5.41) is 12.1. The third-order valence-electron chi connectivity index (χ3n) is 4.41. The van der Waals surface area contributed by atoms with Gasteiger partial charge in [-0.05, 0) is 30.2 Å². The van der Waals surface area contributed by atoms with Crippen LogP contribution in [0.15, 0.2) is 61.1 Å². The third kappa shape index (κ3) is 3.21. The lowest BCUT2D eigenvalue weighted by molar-refractivity contribution is -0.116. The number of fused-ring (bicyclic) bond motifs is 1. The van der Waals surface area contributed by atoms with Crippen molar-refractivity contribution in [1.82, 2.24) is 19.7 Å². The molecule has 0 spiro atoms. The van der Waals surface area contributed by atoms with Gasteiger partial charge in [0.1, 0.15) is 6.33 Å². The van der Waals surface area contributed by atoms with Crippen LogP contribution in [-0.4, -0.2) is 25.7 Å². The van der Waals surface area contributed by atoms with Crippen LogP contribution >= 0.6 is 0 Å². The maximum absolute atomic E-state index is 12.4. The van der Waals surface area contributed by atoms with Gasteiger partial charge >= 0.3 is 0 Å². The minimum Gasteiger partial charge on any atom is -0.361 e. The van der Waals surface area contributed by atoms with Gasteiger partial charge in [0.05, 0.1) is 0 Å². The first-order valence-corrected chi connectivity index (χ1v) is 8.50. The summed E-state index contributed by atoms with van der Waals surface area (Å²) in [6.07, 6.45) is 4.75. The molecule has 0 aliphatic carbocycles. The van der Waals surface area contributed by atoms with Crippen molar-refractivity contribution in [2.24, 2.45) is 7.05 Å². The lowest BCUT2D eigenvalue weighted by Gasteiger charge is -2.07. The number of carbonyl (C=O) groups excluding carboxylic acids is 1. The van der Waals surface area contributed by atoms with Crippen LogP contribution in [0.2, 0.25) is 0 Å². The third-order valence-corrected chi connectivity index (χ3v) is 4.41. The van der Waals surface area contributed by atoms with Gasteiger partial charge in [-0.3, -0.25) is 4.79 Å². The lowest BCUT2D eigenvalue weighted by Crippen LogP contribution is -2.12. The molecule has 2 heterocycles. The van der Waals surface area contributed by atoms with E-state index in [0.29, 0.717) is 12.8 Å². The number of nitrogens with zero attached hydrogens (tertiary/aromatic N) is 3. The number of aryl methyl sites for hydroxylation is 2. The molecule has 0 saturated heterocycles. The summed E-state index contributed by atoms with van der Waals surface area (Å²) in [6.45, 7) is 0. The first-order valence-electron chi connectivity index (χ1n) is 8.50. The van der Waals surface area contributed by atoms with Gasteiger partial charge in [-0.2, -0.15) is 0 Å². The zero-order valence-corrected chi connectivity index (χ0v) is 14.4. The molecule has 0 unspecified atom stereocenters. The van der Waals surface area contributed by atoms with Gasteiger partial charge in [0.2, 0.25) is 5.91 Å². The number of amides is 1. The van der Waals surface area contributed by atoms with Crippen LogP contribution in [0.25, 0.3) is 22.3 Å². The molecular formula is C20H19N5O. The standard InChI is InChI=1S/C20H19N5O/c1-25-13-22-24-20(25)14-5-4-6-16(11-14)23-19(26)10-9-15-12-21-18-8-3-2-7-17(15)18/h2-8,11-13,21H,9-10H2,1H3,(H,23,26). The van der Waals surface area contributed by atoms with Crippen molar-refractivity contribution in [3.05, 3.63) is 66.6 Å². The molecule has 6 heteroatoms. The molecule has 6 nitrogen and oxygen atoms in total. The van der Waals surface area contributed by atoms with E-state index in [1.165, 1.54) is 5.39 Å². The molecule has 26 heavy (non-hydrogen) atoms. The molecule has 4 rings (SSSR count). The highest BCUT2D eigenvalue weighted by molar-refractivity contribution is 5.92. The van der Waals surface area contributed by atoms with E-state index in [0.717, 1.165) is 28.2 Å². The maximum Gasteiger partial charge on any atom is 0.224 e. The van der Waals surface area contributed by atoms with Crippen LogP contribution in [-0.2, 0) is 18.3 Å². The summed E-state index contributed by atoms with van der Waals surface area (Å²) in [5.41, 5.74) is 3.93. The van der Waals surface area contributed by atoms with E-state index >= 15 is 0 Å². The highest BCUT2D eigenvalue weighted by Crippen LogP contribution is 2.21. The van der Waals surface area contributed by atoms with Crippen molar-refractivity contribution in [1.29, 1.82) is 0 Å². The Balaban J connectivity index is 1.43. The molecule has 0 aliphatic rings. The smallest absolute Gasteiger partial charge is 0.224 e. The summed E-state index contributed by atoms with van der Waals surface area (Å²) in [5.74, 6) is 0.755. The molecule has 0 saturated carbocycles. The van der Waals surface area contributed by atoms with Gasteiger partial charge in [0, 0.05) is 41.8 Å². The molecule has 2 aromatic heterocycles. The van der Waals surface area contributed by atoms with E-state index in [-0.39, 0.29) is 5.91 Å². The van der Waals surface area contributed by atoms with Crippen LogP contribution in [0, 0.1) is 0 Å². The van der Waals surface area contributed by atoms with Crippen molar-refractivity contribution in [3.8, 4) is 11.4 Å². The summed E-state index contributed by atoms with van der Waals surface area (Å²) < 4.78 is 1.85. The Morgan fingerprint density at radius 2 is 2.08 bits per heavy atom. The Morgan fingerprint density at radius 1 is 1.19 bits per heavy atom. The maximum atomic E-state index is 12.4. The number of para-hydroxylation sites is 1. The Hall–Kier alpha value is -3.41. The summed E-state index contributed by atoms with van der Waals surface area (Å²) >= 11 is 0. The summed E-state index contributed by atoms with van der Waals surface area (Å²) in [4.78, 5) is 15.6. The number of carbonyl (C=O) groups is 1. The van der Waals surface area contributed by atoms with Crippen molar-refractivity contribution >= 4 is 22.5 Å². The summed E-state index contributed by atoms with van der Waals surface area (Å²) in [7, 11) is 1.89. The van der Waals surface area contributed by atoms with E-state index < -0.39 is 0 Å². The average molecular weight is 345 g/mol. The van der Waals surface area contributed by atoms with Crippen LogP contribution in [0.5, 0.6) is 0 Å². The number of H-pyrrole nitrogens is 1. The number of hydrogen-bond acceptors (Lipinski definition) is 3. The minimum atomic E-state index is -0.00889. The Morgan fingerprint density at radius 3 is 2.92 bits per heavy atom. The second-order valence-corrected chi connectivity index (χ2v) is 6.25. The Labute approximate surface area is 150 Å². The Bertz CT molecular complexity index is 1060. The molecule has 0 radical (unpaired) electrons. The predicted molar refractivity (Wildman–Crippen MR) is 102 cm³/mol. The number of anilines is 1. The van der Waals surface area contributed by atoms with E-state index in [1.807, 2.05) is 60.3 Å². The molecule has 0 bridgehead atoms.